The van der Waals surface area contributed by atoms with E-state index < -0.39 is 0 Å². The third-order valence-electron chi connectivity index (χ3n) is 5.58. The van der Waals surface area contributed by atoms with Gasteiger partial charge in [0.25, 0.3) is 0 Å². The van der Waals surface area contributed by atoms with Crippen molar-refractivity contribution in [2.24, 2.45) is 0 Å². The number of aromatic amines is 1. The number of thiophene rings is 1. The number of amides is 1. The molecule has 0 aliphatic heterocycles. The lowest BCUT2D eigenvalue weighted by molar-refractivity contribution is -0.113. The Bertz CT molecular complexity index is 1130. The second-order valence-corrected chi connectivity index (χ2v) is 9.46. The maximum atomic E-state index is 12.7. The number of anilines is 1. The van der Waals surface area contributed by atoms with E-state index in [0.29, 0.717) is 28.4 Å². The van der Waals surface area contributed by atoms with E-state index in [4.69, 9.17) is 0 Å². The van der Waals surface area contributed by atoms with Crippen molar-refractivity contribution in [3.8, 4) is 6.07 Å². The second-order valence-electron chi connectivity index (χ2n) is 7.54. The lowest BCUT2D eigenvalue weighted by atomic mass is 10.2. The number of rotatable bonds is 7. The zero-order chi connectivity index (χ0) is 21.8. The van der Waals surface area contributed by atoms with Crippen molar-refractivity contribution in [1.29, 1.82) is 5.26 Å². The summed E-state index contributed by atoms with van der Waals surface area (Å²) < 4.78 is 2.16. The molecular formula is C22H24N6OS2. The van der Waals surface area contributed by atoms with Gasteiger partial charge in [-0.15, -0.1) is 16.4 Å². The highest BCUT2D eigenvalue weighted by atomic mass is 32.2. The van der Waals surface area contributed by atoms with E-state index in [0.717, 1.165) is 29.0 Å². The summed E-state index contributed by atoms with van der Waals surface area (Å²) in [7, 11) is 0. The number of hydrogen-bond acceptors (Lipinski definition) is 6. The molecule has 0 atom stereocenters. The van der Waals surface area contributed by atoms with Crippen molar-refractivity contribution in [2.45, 2.75) is 50.7 Å². The normalized spacial score (nSPS) is 14.4. The molecule has 3 aromatic heterocycles. The smallest absolute Gasteiger partial charge is 0.235 e. The highest BCUT2D eigenvalue weighted by molar-refractivity contribution is 7.99. The van der Waals surface area contributed by atoms with Crippen molar-refractivity contribution < 1.29 is 4.79 Å². The SMILES string of the molecule is Cc1c(C#N)c(NC(=O)CSc2n[nH]c(/C=C/c3cccs3)n2)n(C2CCCC2)c1C. The molecule has 7 nitrogen and oxygen atoms in total. The summed E-state index contributed by atoms with van der Waals surface area (Å²) in [6.07, 6.45) is 8.35. The van der Waals surface area contributed by atoms with E-state index in [-0.39, 0.29) is 11.7 Å². The maximum Gasteiger partial charge on any atom is 0.235 e. The summed E-state index contributed by atoms with van der Waals surface area (Å²) >= 11 is 2.91. The summed E-state index contributed by atoms with van der Waals surface area (Å²) in [6, 6.07) is 6.64. The fourth-order valence-corrected chi connectivity index (χ4v) is 5.17. The average Bonchev–Trinajstić information content (AvgIpc) is 3.55. The van der Waals surface area contributed by atoms with Crippen LogP contribution in [0, 0.1) is 25.2 Å². The minimum Gasteiger partial charge on any atom is -0.327 e. The van der Waals surface area contributed by atoms with Crippen LogP contribution in [0.4, 0.5) is 5.82 Å². The van der Waals surface area contributed by atoms with Crippen LogP contribution in [-0.2, 0) is 4.79 Å². The van der Waals surface area contributed by atoms with Crippen LogP contribution >= 0.6 is 23.1 Å². The molecule has 31 heavy (non-hydrogen) atoms. The van der Waals surface area contributed by atoms with Crippen molar-refractivity contribution in [3.05, 3.63) is 45.0 Å². The number of H-pyrrole nitrogens is 1. The molecular weight excluding hydrogens is 428 g/mol. The van der Waals surface area contributed by atoms with Gasteiger partial charge in [0.1, 0.15) is 17.7 Å². The molecule has 160 valence electrons. The van der Waals surface area contributed by atoms with E-state index in [2.05, 4.69) is 31.1 Å². The van der Waals surface area contributed by atoms with Gasteiger partial charge < -0.3 is 9.88 Å². The average molecular weight is 453 g/mol. The molecule has 1 amide bonds. The maximum absolute atomic E-state index is 12.7. The topological polar surface area (TPSA) is 99.4 Å². The molecule has 1 aliphatic carbocycles. The summed E-state index contributed by atoms with van der Waals surface area (Å²) in [4.78, 5) is 18.2. The molecule has 1 saturated carbocycles. The highest BCUT2D eigenvalue weighted by Crippen LogP contribution is 2.37. The molecule has 0 bridgehead atoms. The van der Waals surface area contributed by atoms with E-state index in [9.17, 15) is 10.1 Å². The monoisotopic (exact) mass is 452 g/mol. The Morgan fingerprint density at radius 3 is 2.94 bits per heavy atom. The van der Waals surface area contributed by atoms with E-state index in [1.807, 2.05) is 43.5 Å². The first-order valence-electron chi connectivity index (χ1n) is 10.2. The molecule has 0 spiro atoms. The van der Waals surface area contributed by atoms with Gasteiger partial charge in [0.15, 0.2) is 0 Å². The Kier molecular flexibility index (Phi) is 6.59. The molecule has 0 radical (unpaired) electrons. The van der Waals surface area contributed by atoms with Crippen molar-refractivity contribution in [2.75, 3.05) is 11.1 Å². The third-order valence-corrected chi connectivity index (χ3v) is 7.26. The fourth-order valence-electron chi connectivity index (χ4n) is 3.95. The Morgan fingerprint density at radius 1 is 1.42 bits per heavy atom. The van der Waals surface area contributed by atoms with Crippen molar-refractivity contribution in [3.63, 3.8) is 0 Å². The molecule has 9 heteroatoms. The number of carbonyl (C=O) groups is 1. The summed E-state index contributed by atoms with van der Waals surface area (Å²) in [6.45, 7) is 3.97. The van der Waals surface area contributed by atoms with Gasteiger partial charge in [-0.05, 0) is 55.9 Å². The zero-order valence-corrected chi connectivity index (χ0v) is 19.1. The Balaban J connectivity index is 1.42. The lowest BCUT2D eigenvalue weighted by Gasteiger charge is -2.19. The predicted molar refractivity (Wildman–Crippen MR) is 125 cm³/mol. The number of hydrogen-bond donors (Lipinski definition) is 2. The Hall–Kier alpha value is -2.83. The van der Waals surface area contributed by atoms with Crippen LogP contribution in [0.15, 0.2) is 22.7 Å². The van der Waals surface area contributed by atoms with Gasteiger partial charge in [-0.1, -0.05) is 30.7 Å². The number of nitrogens with zero attached hydrogens (tertiary/aromatic N) is 4. The number of aromatic nitrogens is 4. The fraction of sp³-hybridized carbons (Fsp3) is 0.364. The lowest BCUT2D eigenvalue weighted by Crippen LogP contribution is -2.19. The first-order valence-corrected chi connectivity index (χ1v) is 12.1. The second kappa shape index (κ2) is 9.54. The molecule has 0 unspecified atom stereocenters. The van der Waals surface area contributed by atoms with Gasteiger partial charge in [-0.3, -0.25) is 9.89 Å². The number of nitriles is 1. The van der Waals surface area contributed by atoms with E-state index in [1.165, 1.54) is 24.6 Å². The van der Waals surface area contributed by atoms with Gasteiger partial charge in [0.05, 0.1) is 11.3 Å². The summed E-state index contributed by atoms with van der Waals surface area (Å²) in [5.74, 6) is 1.28. The van der Waals surface area contributed by atoms with E-state index in [1.54, 1.807) is 11.3 Å². The number of carbonyl (C=O) groups excluding carboxylic acids is 1. The zero-order valence-electron chi connectivity index (χ0n) is 17.5. The molecule has 0 saturated heterocycles. The van der Waals surface area contributed by atoms with Gasteiger partial charge in [-0.2, -0.15) is 5.26 Å². The van der Waals surface area contributed by atoms with Gasteiger partial charge >= 0.3 is 0 Å². The van der Waals surface area contributed by atoms with Crippen LogP contribution in [0.3, 0.4) is 0 Å². The van der Waals surface area contributed by atoms with Crippen LogP contribution in [0.5, 0.6) is 0 Å². The molecule has 4 rings (SSSR count). The van der Waals surface area contributed by atoms with Crippen LogP contribution in [0.2, 0.25) is 0 Å². The minimum atomic E-state index is -0.168. The molecule has 3 heterocycles. The molecule has 2 N–H and O–H groups in total. The number of thioether (sulfide) groups is 1. The highest BCUT2D eigenvalue weighted by Gasteiger charge is 2.26. The molecule has 1 fully saturated rings. The van der Waals surface area contributed by atoms with Crippen LogP contribution in [0.25, 0.3) is 12.2 Å². The quantitative estimate of drug-likeness (QED) is 0.482. The third kappa shape index (κ3) is 4.75. The first-order chi connectivity index (χ1) is 15.1. The molecule has 1 aliphatic rings. The standard InChI is InChI=1S/C22H24N6OS2/c1-14-15(2)28(16-6-3-4-7-16)21(18(14)12-23)25-20(29)13-31-22-24-19(26-27-22)10-9-17-8-5-11-30-17/h5,8-11,16H,3-4,6-7,13H2,1-2H3,(H,25,29)(H,24,26,27)/b10-9+. The summed E-state index contributed by atoms with van der Waals surface area (Å²) in [5.41, 5.74) is 2.55. The number of nitrogens with one attached hydrogen (secondary N) is 2. The predicted octanol–water partition coefficient (Wildman–Crippen LogP) is 5.17. The van der Waals surface area contributed by atoms with Crippen LogP contribution in [-0.4, -0.2) is 31.4 Å². The first kappa shape index (κ1) is 21.4. The Labute approximate surface area is 189 Å². The van der Waals surface area contributed by atoms with Gasteiger partial charge in [0.2, 0.25) is 11.1 Å². The van der Waals surface area contributed by atoms with E-state index >= 15 is 0 Å². The Morgan fingerprint density at radius 2 is 2.23 bits per heavy atom. The molecule has 3 aromatic rings. The minimum absolute atomic E-state index is 0.168. The van der Waals surface area contributed by atoms with Gasteiger partial charge in [-0.25, -0.2) is 4.98 Å². The summed E-state index contributed by atoms with van der Waals surface area (Å²) in [5, 5.41) is 22.2. The van der Waals surface area contributed by atoms with Gasteiger partial charge in [0, 0.05) is 16.6 Å². The molecule has 0 aromatic carbocycles. The van der Waals surface area contributed by atoms with Crippen molar-refractivity contribution in [1.82, 2.24) is 19.7 Å². The largest absolute Gasteiger partial charge is 0.327 e. The van der Waals surface area contributed by atoms with Crippen LogP contribution < -0.4 is 5.32 Å². The van der Waals surface area contributed by atoms with Crippen molar-refractivity contribution >= 4 is 47.0 Å². The van der Waals surface area contributed by atoms with Crippen LogP contribution in [0.1, 0.15) is 59.2 Å².